The molecule has 3 rings (SSSR count). The molecule has 3 aliphatic rings. The molecule has 546 valence electrons. The molecule has 13 atom stereocenters. The lowest BCUT2D eigenvalue weighted by Gasteiger charge is -2.33. The molecule has 0 spiro atoms. The van der Waals surface area contributed by atoms with Crippen LogP contribution in [-0.2, 0) is 76.7 Å². The highest BCUT2D eigenvalue weighted by atomic mass is 16.4. The molecule has 3 fully saturated rings. The first-order chi connectivity index (χ1) is 45.5. The molecule has 18 N–H and O–H groups in total. The lowest BCUT2D eigenvalue weighted by molar-refractivity contribution is -0.147. The molecule has 0 aliphatic carbocycles. The Bertz CT molecular complexity index is 2810. The Labute approximate surface area is 565 Å². The Morgan fingerprint density at radius 3 is 1.38 bits per heavy atom. The van der Waals surface area contributed by atoms with Crippen molar-refractivity contribution in [1.82, 2.24) is 68.3 Å². The number of likely N-dealkylation sites (tertiary alicyclic amines) is 2. The van der Waals surface area contributed by atoms with E-state index in [1.54, 1.807) is 41.5 Å². The van der Waals surface area contributed by atoms with Crippen LogP contribution in [0, 0.1) is 23.7 Å². The monoisotopic (exact) mass is 1380 g/mol. The first-order valence-corrected chi connectivity index (χ1v) is 33.5. The summed E-state index contributed by atoms with van der Waals surface area (Å²) >= 11 is 0. The van der Waals surface area contributed by atoms with Crippen LogP contribution in [0.25, 0.3) is 0 Å². The molecule has 3 saturated heterocycles. The topological polar surface area (TPSA) is 525 Å². The fraction of sp³-hybridized carbons (Fsp3) is 0.746. The zero-order valence-electron chi connectivity index (χ0n) is 57.4. The minimum Gasteiger partial charge on any atom is -0.481 e. The average Bonchev–Trinajstić information content (AvgIpc) is 1.75. The maximum atomic E-state index is 14.6. The lowest BCUT2D eigenvalue weighted by atomic mass is 9.98. The number of carbonyl (C=O) groups is 16. The SMILES string of the molecule is CC(C)C[C@H](NC(=O)[C@@H]1CCCN1)C(=O)N[C@@H](C)C(=O)N[C@@H](C)C(=O)N[C@@H](CCC(=O)O)C(=O)N1CCC[C@H]1C(=O)N[C@H](C(=O)N1CCC[C@H]1C(=O)N[C@@H](CC(C)C)C(=O)N[C@H](C(=O)N[C@@H](CCCCN)C(=O)N[C@@H](CCC(N)=O)C(=O)N[C@@H](CC(=O)O)C(=O)O)C(C)C)C(C)C. The van der Waals surface area contributed by atoms with E-state index in [0.29, 0.717) is 32.2 Å². The first-order valence-electron chi connectivity index (χ1n) is 33.5. The predicted molar refractivity (Wildman–Crippen MR) is 348 cm³/mol. The van der Waals surface area contributed by atoms with Crippen LogP contribution >= 0.6 is 0 Å². The Balaban J connectivity index is 1.77. The molecule has 34 heteroatoms. The molecule has 0 aromatic heterocycles. The number of hydrogen-bond donors (Lipinski definition) is 16. The molecule has 97 heavy (non-hydrogen) atoms. The Morgan fingerprint density at radius 2 is 0.897 bits per heavy atom. The number of aliphatic carboxylic acids is 3. The number of unbranched alkanes of at least 4 members (excludes halogenated alkanes) is 1. The molecular weight excluding hydrogens is 1270 g/mol. The smallest absolute Gasteiger partial charge is 0.326 e. The summed E-state index contributed by atoms with van der Waals surface area (Å²) in [6.45, 7) is 17.4. The van der Waals surface area contributed by atoms with Gasteiger partial charge in [0.2, 0.25) is 76.8 Å². The minimum atomic E-state index is -1.92. The Hall–Kier alpha value is -8.56. The van der Waals surface area contributed by atoms with Gasteiger partial charge in [-0.2, -0.15) is 0 Å². The van der Waals surface area contributed by atoms with E-state index in [1.165, 1.54) is 23.6 Å². The molecule has 34 nitrogen and oxygen atoms in total. The molecule has 0 radical (unpaired) electrons. The van der Waals surface area contributed by atoms with Crippen LogP contribution < -0.4 is 70.0 Å². The molecule has 3 heterocycles. The maximum absolute atomic E-state index is 14.6. The van der Waals surface area contributed by atoms with Gasteiger partial charge in [0.15, 0.2) is 0 Å². The van der Waals surface area contributed by atoms with Gasteiger partial charge in [-0.1, -0.05) is 55.4 Å². The summed E-state index contributed by atoms with van der Waals surface area (Å²) in [7, 11) is 0. The van der Waals surface area contributed by atoms with E-state index in [4.69, 9.17) is 11.5 Å². The summed E-state index contributed by atoms with van der Waals surface area (Å²) in [4.78, 5) is 216. The van der Waals surface area contributed by atoms with Crippen molar-refractivity contribution in [2.24, 2.45) is 35.1 Å². The lowest BCUT2D eigenvalue weighted by Crippen LogP contribution is -2.61. The second kappa shape index (κ2) is 40.2. The zero-order valence-corrected chi connectivity index (χ0v) is 57.4. The Morgan fingerprint density at radius 1 is 0.443 bits per heavy atom. The van der Waals surface area contributed by atoms with E-state index < -0.39 is 211 Å². The largest absolute Gasteiger partial charge is 0.481 e. The summed E-state index contributed by atoms with van der Waals surface area (Å²) < 4.78 is 0. The molecule has 3 aliphatic heterocycles. The van der Waals surface area contributed by atoms with Gasteiger partial charge >= 0.3 is 17.9 Å². The summed E-state index contributed by atoms with van der Waals surface area (Å²) in [5.74, 6) is -16.3. The van der Waals surface area contributed by atoms with E-state index in [0.717, 1.165) is 6.42 Å². The van der Waals surface area contributed by atoms with Gasteiger partial charge in [-0.15, -0.1) is 0 Å². The number of nitrogens with one attached hydrogen (secondary N) is 11. The molecule has 13 amide bonds. The van der Waals surface area contributed by atoms with E-state index >= 15 is 0 Å². The zero-order chi connectivity index (χ0) is 73.1. The van der Waals surface area contributed by atoms with Gasteiger partial charge in [0.1, 0.15) is 72.5 Å². The van der Waals surface area contributed by atoms with Gasteiger partial charge in [-0.3, -0.25) is 71.9 Å². The van der Waals surface area contributed by atoms with Crippen molar-refractivity contribution in [2.75, 3.05) is 26.2 Å². The Kier molecular flexibility index (Phi) is 34.3. The normalized spacial score (nSPS) is 19.1. The number of hydrogen-bond acceptors (Lipinski definition) is 18. The van der Waals surface area contributed by atoms with Crippen LogP contribution in [0.1, 0.15) is 172 Å². The number of carboxylic acids is 3. The maximum Gasteiger partial charge on any atom is 0.326 e. The van der Waals surface area contributed by atoms with Crippen molar-refractivity contribution in [3.05, 3.63) is 0 Å². The quantitative estimate of drug-likeness (QED) is 0.0269. The predicted octanol–water partition coefficient (Wildman–Crippen LogP) is -3.17. The highest BCUT2D eigenvalue weighted by Gasteiger charge is 2.44. The van der Waals surface area contributed by atoms with Gasteiger partial charge in [-0.05, 0) is 134 Å². The van der Waals surface area contributed by atoms with Crippen molar-refractivity contribution < 1.29 is 92.0 Å². The van der Waals surface area contributed by atoms with Crippen molar-refractivity contribution >= 4 is 94.7 Å². The summed E-state index contributed by atoms with van der Waals surface area (Å²) in [5.41, 5.74) is 11.0. The van der Waals surface area contributed by atoms with Gasteiger partial charge in [0.05, 0.1) is 12.5 Å². The minimum absolute atomic E-state index is 0.00502. The molecule has 0 bridgehead atoms. The third kappa shape index (κ3) is 27.1. The van der Waals surface area contributed by atoms with E-state index in [1.807, 2.05) is 19.2 Å². The number of carbonyl (C=O) groups excluding carboxylic acids is 13. The van der Waals surface area contributed by atoms with Crippen LogP contribution in [0.4, 0.5) is 0 Å². The molecular formula is C63H105N15O19. The van der Waals surface area contributed by atoms with Crippen molar-refractivity contribution in [2.45, 2.75) is 251 Å². The highest BCUT2D eigenvalue weighted by Crippen LogP contribution is 2.24. The number of rotatable bonds is 41. The van der Waals surface area contributed by atoms with E-state index in [-0.39, 0.29) is 75.9 Å². The fourth-order valence-corrected chi connectivity index (χ4v) is 11.5. The summed E-state index contributed by atoms with van der Waals surface area (Å²) in [5, 5.41) is 57.0. The van der Waals surface area contributed by atoms with Crippen LogP contribution in [0.5, 0.6) is 0 Å². The van der Waals surface area contributed by atoms with Crippen LogP contribution in [0.3, 0.4) is 0 Å². The van der Waals surface area contributed by atoms with Crippen molar-refractivity contribution in [1.29, 1.82) is 0 Å². The number of amides is 13. The van der Waals surface area contributed by atoms with Crippen LogP contribution in [0.15, 0.2) is 0 Å². The molecule has 0 saturated carbocycles. The third-order valence-corrected chi connectivity index (χ3v) is 16.9. The number of nitrogens with two attached hydrogens (primary N) is 2. The van der Waals surface area contributed by atoms with Gasteiger partial charge in [-0.25, -0.2) is 4.79 Å². The van der Waals surface area contributed by atoms with Crippen molar-refractivity contribution in [3.8, 4) is 0 Å². The molecule has 0 aromatic rings. The van der Waals surface area contributed by atoms with Gasteiger partial charge < -0.3 is 95.1 Å². The third-order valence-electron chi connectivity index (χ3n) is 16.9. The fourth-order valence-electron chi connectivity index (χ4n) is 11.5. The second-order valence-corrected chi connectivity index (χ2v) is 26.7. The van der Waals surface area contributed by atoms with Gasteiger partial charge in [0, 0.05) is 25.9 Å². The molecule has 0 aromatic carbocycles. The van der Waals surface area contributed by atoms with E-state index in [2.05, 4.69) is 53.2 Å². The summed E-state index contributed by atoms with van der Waals surface area (Å²) in [6.07, 6.45) is 0.280. The first kappa shape index (κ1) is 82.7. The standard InChI is InChI=1S/C63H105N15O19/c1-31(2)28-41(72-53(86)37-17-13-25-66-37)56(89)68-35(9)51(84)67-36(10)52(85)71-40(21-23-47(80)81)61(94)77-26-14-19-45(77)59(92)76-50(34(7)8)62(95)78-27-15-18-44(78)58(91)73-42(29-32(3)4)57(90)75-49(33(5)6)60(93)70-38(16-11-12-24-64)54(87)69-39(20-22-46(65)79)55(88)74-43(63(96)97)30-48(82)83/h31-45,49-50,66H,11-30,64H2,1-10H3,(H2,65,79)(H,67,84)(H,68,89)(H,69,87)(H,70,93)(H,71,85)(H,72,86)(H,73,91)(H,74,88)(H,75,90)(H,76,92)(H,80,81)(H,82,83)(H,96,97)/t35-,36-,37-,38-,39-,40-,41-,42-,43-,44-,45-,49-,50-/m0/s1. The van der Waals surface area contributed by atoms with E-state index in [9.17, 15) is 92.0 Å². The van der Waals surface area contributed by atoms with Crippen LogP contribution in [0.2, 0.25) is 0 Å². The highest BCUT2D eigenvalue weighted by molar-refractivity contribution is 6.00. The summed E-state index contributed by atoms with van der Waals surface area (Å²) in [6, 6.07) is -16.7. The van der Waals surface area contributed by atoms with Gasteiger partial charge in [0.25, 0.3) is 0 Å². The molecule has 0 unspecified atom stereocenters. The second-order valence-electron chi connectivity index (χ2n) is 26.7. The van der Waals surface area contributed by atoms with Crippen LogP contribution in [-0.4, -0.2) is 225 Å². The average molecular weight is 1380 g/mol. The van der Waals surface area contributed by atoms with Crippen molar-refractivity contribution in [3.63, 3.8) is 0 Å². The number of nitrogens with zero attached hydrogens (tertiary/aromatic N) is 2. The number of carboxylic acid groups (broad SMARTS) is 3. The number of primary amides is 1.